The highest BCUT2D eigenvalue weighted by Gasteiger charge is 2.14. The van der Waals surface area contributed by atoms with E-state index in [2.05, 4.69) is 51.6 Å². The van der Waals surface area contributed by atoms with Crippen LogP contribution in [0.4, 0.5) is 0 Å². The number of aryl methyl sites for hydroxylation is 1. The molecule has 0 saturated carbocycles. The Morgan fingerprint density at radius 1 is 1.42 bits per heavy atom. The van der Waals surface area contributed by atoms with Crippen molar-refractivity contribution in [3.8, 4) is 0 Å². The zero-order valence-corrected chi connectivity index (χ0v) is 14.9. The molecule has 0 aliphatic carbocycles. The van der Waals surface area contributed by atoms with Gasteiger partial charge in [-0.3, -0.25) is 0 Å². The zero-order valence-electron chi connectivity index (χ0n) is 11.2. The Balaban J connectivity index is 2.30. The second-order valence-electron chi connectivity index (χ2n) is 4.57. The van der Waals surface area contributed by atoms with Crippen LogP contribution < -0.4 is 0 Å². The Labute approximate surface area is 137 Å². The summed E-state index contributed by atoms with van der Waals surface area (Å²) in [6, 6.07) is 6.41. The third kappa shape index (κ3) is 3.79. The minimum Gasteiger partial charge on any atom is -0.327 e. The quantitative estimate of drug-likeness (QED) is 0.377. The maximum atomic E-state index is 6.27. The molecule has 0 aliphatic heterocycles. The van der Waals surface area contributed by atoms with E-state index in [4.69, 9.17) is 16.6 Å². The Morgan fingerprint density at radius 3 is 2.89 bits per heavy atom. The van der Waals surface area contributed by atoms with Crippen LogP contribution in [-0.4, -0.2) is 21.6 Å². The van der Waals surface area contributed by atoms with Crippen molar-refractivity contribution in [3.63, 3.8) is 0 Å². The normalized spacial score (nSPS) is 13.1. The molecule has 2 aromatic rings. The van der Waals surface area contributed by atoms with Gasteiger partial charge in [-0.1, -0.05) is 0 Å². The van der Waals surface area contributed by atoms with Crippen molar-refractivity contribution in [1.82, 2.24) is 9.55 Å². The summed E-state index contributed by atoms with van der Waals surface area (Å²) in [5.41, 5.74) is 2.26. The molecule has 0 N–H and O–H groups in total. The number of nitrogens with zero attached hydrogens (tertiary/aromatic N) is 2. The monoisotopic (exact) mass is 408 g/mol. The van der Waals surface area contributed by atoms with E-state index in [9.17, 15) is 0 Å². The molecule has 0 saturated heterocycles. The first kappa shape index (κ1) is 15.4. The molecule has 0 bridgehead atoms. The van der Waals surface area contributed by atoms with Crippen LogP contribution in [0, 0.1) is 3.57 Å². The van der Waals surface area contributed by atoms with E-state index in [1.165, 1.54) is 27.7 Å². The van der Waals surface area contributed by atoms with E-state index in [0.717, 1.165) is 17.9 Å². The standard InChI is InChI=1S/C14H18ClIN2S/c1-10(15)14-17-12-9-11(16)5-6-13(12)18(14)7-3-4-8-19-2/h5-6,9-10H,3-4,7-8H2,1-2H3. The lowest BCUT2D eigenvalue weighted by atomic mass is 10.3. The number of alkyl halides is 1. The minimum absolute atomic E-state index is 0.0504. The third-order valence-electron chi connectivity index (χ3n) is 3.08. The fourth-order valence-electron chi connectivity index (χ4n) is 2.18. The fourth-order valence-corrected chi connectivity index (χ4v) is 3.31. The fraction of sp³-hybridized carbons (Fsp3) is 0.500. The number of unbranched alkanes of at least 4 members (excludes halogenated alkanes) is 1. The summed E-state index contributed by atoms with van der Waals surface area (Å²) in [5, 5.41) is -0.0504. The highest BCUT2D eigenvalue weighted by Crippen LogP contribution is 2.26. The van der Waals surface area contributed by atoms with E-state index in [-0.39, 0.29) is 5.38 Å². The smallest absolute Gasteiger partial charge is 0.127 e. The van der Waals surface area contributed by atoms with E-state index >= 15 is 0 Å². The van der Waals surface area contributed by atoms with Gasteiger partial charge in [0.15, 0.2) is 0 Å². The molecule has 0 fully saturated rings. The van der Waals surface area contributed by atoms with Crippen LogP contribution in [0.2, 0.25) is 0 Å². The number of fused-ring (bicyclic) bond motifs is 1. The van der Waals surface area contributed by atoms with E-state index in [1.807, 2.05) is 18.7 Å². The second-order valence-corrected chi connectivity index (χ2v) is 7.46. The third-order valence-corrected chi connectivity index (χ3v) is 4.64. The van der Waals surface area contributed by atoms with Crippen LogP contribution in [0.1, 0.15) is 31.0 Å². The molecule has 0 radical (unpaired) electrons. The van der Waals surface area contributed by atoms with Gasteiger partial charge in [-0.25, -0.2) is 4.98 Å². The molecule has 1 aromatic carbocycles. The number of aromatic nitrogens is 2. The van der Waals surface area contributed by atoms with Crippen LogP contribution in [0.15, 0.2) is 18.2 Å². The second kappa shape index (κ2) is 7.18. The first-order valence-electron chi connectivity index (χ1n) is 6.42. The average Bonchev–Trinajstić information content (AvgIpc) is 2.72. The molecule has 1 unspecified atom stereocenters. The number of halogens is 2. The number of hydrogen-bond acceptors (Lipinski definition) is 2. The van der Waals surface area contributed by atoms with Gasteiger partial charge in [0.05, 0.1) is 16.4 Å². The van der Waals surface area contributed by atoms with Crippen LogP contribution in [0.25, 0.3) is 11.0 Å². The lowest BCUT2D eigenvalue weighted by molar-refractivity contribution is 0.619. The predicted molar refractivity (Wildman–Crippen MR) is 94.3 cm³/mol. The first-order valence-corrected chi connectivity index (χ1v) is 9.33. The van der Waals surface area contributed by atoms with Gasteiger partial charge in [0, 0.05) is 10.1 Å². The van der Waals surface area contributed by atoms with E-state index in [0.29, 0.717) is 0 Å². The number of imidazole rings is 1. The molecule has 1 aromatic heterocycles. The first-order chi connectivity index (χ1) is 9.13. The van der Waals surface area contributed by atoms with Gasteiger partial charge < -0.3 is 4.57 Å². The highest BCUT2D eigenvalue weighted by atomic mass is 127. The molecular formula is C14H18ClIN2S. The van der Waals surface area contributed by atoms with E-state index < -0.39 is 0 Å². The summed E-state index contributed by atoms with van der Waals surface area (Å²) in [5.74, 6) is 2.21. The van der Waals surface area contributed by atoms with Crippen molar-refractivity contribution in [2.24, 2.45) is 0 Å². The SMILES string of the molecule is CSCCCCn1c(C(C)Cl)nc2cc(I)ccc21. The number of thioether (sulfide) groups is 1. The van der Waals surface area contributed by atoms with Crippen molar-refractivity contribution < 1.29 is 0 Å². The number of rotatable bonds is 6. The summed E-state index contributed by atoms with van der Waals surface area (Å²) >= 11 is 10.5. The Kier molecular flexibility index (Phi) is 5.84. The predicted octanol–water partition coefficient (Wildman–Crippen LogP) is 5.08. The summed E-state index contributed by atoms with van der Waals surface area (Å²) in [6.45, 7) is 3.00. The highest BCUT2D eigenvalue weighted by molar-refractivity contribution is 14.1. The maximum Gasteiger partial charge on any atom is 0.127 e. The van der Waals surface area contributed by atoms with Crippen LogP contribution in [0.3, 0.4) is 0 Å². The molecule has 0 spiro atoms. The molecule has 5 heteroatoms. The van der Waals surface area contributed by atoms with Gasteiger partial charge in [-0.15, -0.1) is 11.6 Å². The summed E-state index contributed by atoms with van der Waals surface area (Å²) in [4.78, 5) is 4.69. The zero-order chi connectivity index (χ0) is 13.8. The minimum atomic E-state index is -0.0504. The molecule has 0 aliphatic rings. The van der Waals surface area contributed by atoms with Gasteiger partial charge in [0.2, 0.25) is 0 Å². The molecule has 0 amide bonds. The summed E-state index contributed by atoms with van der Waals surface area (Å²) in [6.07, 6.45) is 4.57. The molecule has 2 nitrogen and oxygen atoms in total. The summed E-state index contributed by atoms with van der Waals surface area (Å²) in [7, 11) is 0. The van der Waals surface area contributed by atoms with Crippen molar-refractivity contribution in [2.45, 2.75) is 31.7 Å². The van der Waals surface area contributed by atoms with Crippen molar-refractivity contribution >= 4 is 57.0 Å². The van der Waals surface area contributed by atoms with Crippen molar-refractivity contribution in [1.29, 1.82) is 0 Å². The lowest BCUT2D eigenvalue weighted by Crippen LogP contribution is -2.05. The van der Waals surface area contributed by atoms with E-state index in [1.54, 1.807) is 0 Å². The average molecular weight is 409 g/mol. The van der Waals surface area contributed by atoms with Crippen molar-refractivity contribution in [2.75, 3.05) is 12.0 Å². The van der Waals surface area contributed by atoms with Gasteiger partial charge in [0.25, 0.3) is 0 Å². The van der Waals surface area contributed by atoms with Crippen molar-refractivity contribution in [3.05, 3.63) is 27.6 Å². The largest absolute Gasteiger partial charge is 0.327 e. The molecule has 2 rings (SSSR count). The molecule has 19 heavy (non-hydrogen) atoms. The van der Waals surface area contributed by atoms with Crippen LogP contribution in [-0.2, 0) is 6.54 Å². The number of hydrogen-bond donors (Lipinski definition) is 0. The Morgan fingerprint density at radius 2 is 2.21 bits per heavy atom. The molecule has 1 heterocycles. The topological polar surface area (TPSA) is 17.8 Å². The van der Waals surface area contributed by atoms with Gasteiger partial charge in [0.1, 0.15) is 5.82 Å². The lowest BCUT2D eigenvalue weighted by Gasteiger charge is -2.10. The van der Waals surface area contributed by atoms with Gasteiger partial charge in [-0.05, 0) is 72.6 Å². The van der Waals surface area contributed by atoms with Gasteiger partial charge >= 0.3 is 0 Å². The Bertz CT molecular complexity index is 554. The number of benzene rings is 1. The van der Waals surface area contributed by atoms with Gasteiger partial charge in [-0.2, -0.15) is 11.8 Å². The van der Waals surface area contributed by atoms with Crippen LogP contribution >= 0.6 is 46.0 Å². The molecular weight excluding hydrogens is 391 g/mol. The summed E-state index contributed by atoms with van der Waals surface area (Å²) < 4.78 is 3.49. The Hall–Kier alpha value is 0.0600. The van der Waals surface area contributed by atoms with Crippen LogP contribution in [0.5, 0.6) is 0 Å². The maximum absolute atomic E-state index is 6.27. The molecule has 1 atom stereocenters. The molecule has 104 valence electrons.